The molecule has 0 aliphatic rings. The maximum absolute atomic E-state index is 12.4. The van der Waals surface area contributed by atoms with Gasteiger partial charge in [0, 0.05) is 5.56 Å². The first kappa shape index (κ1) is 20.1. The van der Waals surface area contributed by atoms with Crippen molar-refractivity contribution in [1.29, 1.82) is 0 Å². The first-order valence-electron chi connectivity index (χ1n) is 10.1. The van der Waals surface area contributed by atoms with Crippen LogP contribution in [0.2, 0.25) is 0 Å². The highest BCUT2D eigenvalue weighted by molar-refractivity contribution is 7.21. The van der Waals surface area contributed by atoms with Crippen LogP contribution in [-0.4, -0.2) is 17.6 Å². The predicted molar refractivity (Wildman–Crippen MR) is 121 cm³/mol. The summed E-state index contributed by atoms with van der Waals surface area (Å²) in [7, 11) is 0. The van der Waals surface area contributed by atoms with Crippen molar-refractivity contribution in [2.24, 2.45) is 0 Å². The number of hydrogen-bond acceptors (Lipinski definition) is 5. The highest BCUT2D eigenvalue weighted by Gasteiger charge is 2.10. The Morgan fingerprint density at radius 2 is 1.63 bits per heavy atom. The number of fused-ring (bicyclic) bond motifs is 1. The number of carbonyl (C=O) groups is 1. The minimum absolute atomic E-state index is 0.389. The van der Waals surface area contributed by atoms with Crippen molar-refractivity contribution in [3.63, 3.8) is 0 Å². The van der Waals surface area contributed by atoms with Crippen LogP contribution in [-0.2, 0) is 0 Å². The van der Waals surface area contributed by atoms with Gasteiger partial charge in [-0.2, -0.15) is 0 Å². The second kappa shape index (κ2) is 9.55. The van der Waals surface area contributed by atoms with Gasteiger partial charge in [-0.25, -0.2) is 9.78 Å². The lowest BCUT2D eigenvalue weighted by Crippen LogP contribution is -2.08. The molecule has 0 amide bonds. The number of thiazole rings is 1. The molecule has 4 aromatic rings. The van der Waals surface area contributed by atoms with Gasteiger partial charge in [-0.05, 0) is 67.1 Å². The number of hydrogen-bond donors (Lipinski definition) is 0. The molecule has 0 saturated heterocycles. The van der Waals surface area contributed by atoms with Gasteiger partial charge in [0.25, 0.3) is 0 Å². The van der Waals surface area contributed by atoms with E-state index in [1.54, 1.807) is 47.7 Å². The fraction of sp³-hybridized carbons (Fsp3) is 0.200. The van der Waals surface area contributed by atoms with Crippen LogP contribution in [0.1, 0.15) is 36.5 Å². The summed E-state index contributed by atoms with van der Waals surface area (Å²) in [5, 5.41) is 0.948. The fourth-order valence-electron chi connectivity index (χ4n) is 3.06. The maximum Gasteiger partial charge on any atom is 0.343 e. The van der Waals surface area contributed by atoms with Crippen molar-refractivity contribution in [2.75, 3.05) is 6.61 Å². The molecular weight excluding hydrogens is 394 g/mol. The van der Waals surface area contributed by atoms with E-state index in [4.69, 9.17) is 9.47 Å². The number of aromatic nitrogens is 1. The molecule has 0 atom stereocenters. The highest BCUT2D eigenvalue weighted by Crippen LogP contribution is 2.31. The molecular formula is C25H23NO3S. The van der Waals surface area contributed by atoms with E-state index in [0.29, 0.717) is 17.9 Å². The van der Waals surface area contributed by atoms with E-state index < -0.39 is 0 Å². The lowest BCUT2D eigenvalue weighted by Gasteiger charge is -2.07. The van der Waals surface area contributed by atoms with Crippen LogP contribution >= 0.6 is 11.3 Å². The zero-order valence-corrected chi connectivity index (χ0v) is 17.7. The number of benzene rings is 3. The summed E-state index contributed by atoms with van der Waals surface area (Å²) in [4.78, 5) is 17.1. The smallest absolute Gasteiger partial charge is 0.343 e. The fourth-order valence-corrected chi connectivity index (χ4v) is 4.03. The standard InChI is InChI=1S/C25H23NO3S/c1-2-3-6-17-28-20-13-11-19(12-14-20)25(27)29-21-15-9-18(10-16-21)24-26-22-7-4-5-8-23(22)30-24/h4-5,7-16H,2-3,6,17H2,1H3. The third kappa shape index (κ3) is 4.86. The summed E-state index contributed by atoms with van der Waals surface area (Å²) in [6.45, 7) is 2.85. The highest BCUT2D eigenvalue weighted by atomic mass is 32.1. The van der Waals surface area contributed by atoms with Gasteiger partial charge in [0.2, 0.25) is 0 Å². The van der Waals surface area contributed by atoms with E-state index in [9.17, 15) is 4.79 Å². The largest absolute Gasteiger partial charge is 0.494 e. The number of nitrogens with zero attached hydrogens (tertiary/aromatic N) is 1. The van der Waals surface area contributed by atoms with E-state index in [0.717, 1.165) is 45.8 Å². The van der Waals surface area contributed by atoms with Crippen LogP contribution in [0.25, 0.3) is 20.8 Å². The Morgan fingerprint density at radius 1 is 0.900 bits per heavy atom. The lowest BCUT2D eigenvalue weighted by atomic mass is 10.2. The van der Waals surface area contributed by atoms with Gasteiger partial charge in [0.05, 0.1) is 22.4 Å². The Labute approximate surface area is 180 Å². The van der Waals surface area contributed by atoms with Gasteiger partial charge in [0.1, 0.15) is 16.5 Å². The lowest BCUT2D eigenvalue weighted by molar-refractivity contribution is 0.0734. The predicted octanol–water partition coefficient (Wildman–Crippen LogP) is 6.75. The van der Waals surface area contributed by atoms with Gasteiger partial charge in [-0.3, -0.25) is 0 Å². The summed E-state index contributed by atoms with van der Waals surface area (Å²) >= 11 is 1.65. The molecule has 0 saturated carbocycles. The molecule has 0 radical (unpaired) electrons. The Kier molecular flexibility index (Phi) is 6.40. The van der Waals surface area contributed by atoms with E-state index in [-0.39, 0.29) is 5.97 Å². The Morgan fingerprint density at radius 3 is 2.37 bits per heavy atom. The Bertz CT molecular complexity index is 1080. The molecule has 1 heterocycles. The van der Waals surface area contributed by atoms with Crippen molar-refractivity contribution < 1.29 is 14.3 Å². The van der Waals surface area contributed by atoms with E-state index in [1.165, 1.54) is 0 Å². The first-order chi connectivity index (χ1) is 14.7. The molecule has 0 N–H and O–H groups in total. The average molecular weight is 418 g/mol. The van der Waals surface area contributed by atoms with Crippen molar-refractivity contribution in [2.45, 2.75) is 26.2 Å². The molecule has 4 nitrogen and oxygen atoms in total. The molecule has 30 heavy (non-hydrogen) atoms. The third-order valence-corrected chi connectivity index (χ3v) is 5.80. The van der Waals surface area contributed by atoms with Crippen LogP contribution in [0.5, 0.6) is 11.5 Å². The monoisotopic (exact) mass is 417 g/mol. The molecule has 152 valence electrons. The second-order valence-electron chi connectivity index (χ2n) is 6.98. The summed E-state index contributed by atoms with van der Waals surface area (Å²) in [6, 6.07) is 22.6. The van der Waals surface area contributed by atoms with Gasteiger partial charge >= 0.3 is 5.97 Å². The minimum Gasteiger partial charge on any atom is -0.494 e. The number of unbranched alkanes of at least 4 members (excludes halogenated alkanes) is 2. The number of esters is 1. The van der Waals surface area contributed by atoms with Crippen LogP contribution in [0.15, 0.2) is 72.8 Å². The normalized spacial score (nSPS) is 10.8. The SMILES string of the molecule is CCCCCOc1ccc(C(=O)Oc2ccc(-c3nc4ccccc4s3)cc2)cc1. The summed E-state index contributed by atoms with van der Waals surface area (Å²) in [5.74, 6) is 0.882. The van der Waals surface area contributed by atoms with Crippen molar-refractivity contribution in [3.8, 4) is 22.1 Å². The molecule has 0 fully saturated rings. The quantitative estimate of drug-likeness (QED) is 0.181. The van der Waals surface area contributed by atoms with Gasteiger partial charge in [0.15, 0.2) is 0 Å². The summed E-state index contributed by atoms with van der Waals surface area (Å²) in [5.41, 5.74) is 2.48. The van der Waals surface area contributed by atoms with E-state index >= 15 is 0 Å². The van der Waals surface area contributed by atoms with Gasteiger partial charge in [-0.1, -0.05) is 31.9 Å². The zero-order valence-electron chi connectivity index (χ0n) is 16.8. The molecule has 1 aromatic heterocycles. The number of carbonyl (C=O) groups excluding carboxylic acids is 1. The molecule has 3 aromatic carbocycles. The van der Waals surface area contributed by atoms with E-state index in [2.05, 4.69) is 18.0 Å². The summed E-state index contributed by atoms with van der Waals surface area (Å²) in [6.07, 6.45) is 3.35. The van der Waals surface area contributed by atoms with Crippen LogP contribution in [0.4, 0.5) is 0 Å². The van der Waals surface area contributed by atoms with Crippen LogP contribution < -0.4 is 9.47 Å². The molecule has 0 aliphatic heterocycles. The maximum atomic E-state index is 12.4. The minimum atomic E-state index is -0.389. The first-order valence-corrected chi connectivity index (χ1v) is 11.0. The van der Waals surface area contributed by atoms with Crippen molar-refractivity contribution in [1.82, 2.24) is 4.98 Å². The Balaban J connectivity index is 1.37. The van der Waals surface area contributed by atoms with Gasteiger partial charge in [-0.15, -0.1) is 11.3 Å². The molecule has 0 bridgehead atoms. The molecule has 0 spiro atoms. The molecule has 0 unspecified atom stereocenters. The number of rotatable bonds is 8. The topological polar surface area (TPSA) is 48.4 Å². The van der Waals surface area contributed by atoms with Crippen LogP contribution in [0.3, 0.4) is 0 Å². The average Bonchev–Trinajstić information content (AvgIpc) is 3.22. The zero-order chi connectivity index (χ0) is 20.8. The Hall–Kier alpha value is -3.18. The number of ether oxygens (including phenoxy) is 2. The number of para-hydroxylation sites is 1. The third-order valence-electron chi connectivity index (χ3n) is 4.71. The van der Waals surface area contributed by atoms with Gasteiger partial charge < -0.3 is 9.47 Å². The van der Waals surface area contributed by atoms with E-state index in [1.807, 2.05) is 30.3 Å². The van der Waals surface area contributed by atoms with Crippen molar-refractivity contribution >= 4 is 27.5 Å². The molecule has 5 heteroatoms. The van der Waals surface area contributed by atoms with Crippen molar-refractivity contribution in [3.05, 3.63) is 78.4 Å². The molecule has 0 aliphatic carbocycles. The second-order valence-corrected chi connectivity index (χ2v) is 8.01. The molecule has 4 rings (SSSR count). The summed E-state index contributed by atoms with van der Waals surface area (Å²) < 4.78 is 12.3. The van der Waals surface area contributed by atoms with Crippen LogP contribution in [0, 0.1) is 0 Å².